The minimum atomic E-state index is -0.109. The topological polar surface area (TPSA) is 38.9 Å². The van der Waals surface area contributed by atoms with Crippen molar-refractivity contribution in [3.63, 3.8) is 0 Å². The van der Waals surface area contributed by atoms with Crippen LogP contribution in [0.4, 0.5) is 0 Å². The first kappa shape index (κ1) is 11.1. The van der Waals surface area contributed by atoms with Gasteiger partial charge in [-0.15, -0.1) is 11.3 Å². The van der Waals surface area contributed by atoms with E-state index in [2.05, 4.69) is 20.8 Å². The Kier molecular flexibility index (Phi) is 2.86. The predicted molar refractivity (Wildman–Crippen MR) is 65.3 cm³/mol. The van der Waals surface area contributed by atoms with Gasteiger partial charge in [0.1, 0.15) is 5.01 Å². The number of hydrogen-bond acceptors (Lipinski definition) is 3. The van der Waals surface area contributed by atoms with Gasteiger partial charge in [0.05, 0.1) is 11.2 Å². The van der Waals surface area contributed by atoms with E-state index < -0.39 is 0 Å². The Balaban J connectivity index is 2.33. The summed E-state index contributed by atoms with van der Waals surface area (Å²) in [6, 6.07) is 0. The van der Waals surface area contributed by atoms with Gasteiger partial charge in [0.2, 0.25) is 0 Å². The lowest BCUT2D eigenvalue weighted by molar-refractivity contribution is 0.457. The van der Waals surface area contributed by atoms with Gasteiger partial charge in [0, 0.05) is 4.88 Å². The van der Waals surface area contributed by atoms with Crippen molar-refractivity contribution in [1.82, 2.24) is 4.98 Å². The molecule has 0 aromatic carbocycles. The van der Waals surface area contributed by atoms with Gasteiger partial charge in [0.25, 0.3) is 0 Å². The van der Waals surface area contributed by atoms with Gasteiger partial charge in [0.15, 0.2) is 0 Å². The summed E-state index contributed by atoms with van der Waals surface area (Å²) in [5, 5.41) is 1.17. The molecule has 1 aromatic heterocycles. The first-order chi connectivity index (χ1) is 7.03. The Morgan fingerprint density at radius 1 is 1.33 bits per heavy atom. The van der Waals surface area contributed by atoms with Gasteiger partial charge in [-0.3, -0.25) is 0 Å². The second-order valence-corrected chi connectivity index (χ2v) is 6.18. The lowest BCUT2D eigenvalue weighted by Gasteiger charge is -2.20. The van der Waals surface area contributed by atoms with Crippen LogP contribution in [-0.4, -0.2) is 4.98 Å². The van der Waals surface area contributed by atoms with Crippen LogP contribution in [0.15, 0.2) is 0 Å². The number of aryl methyl sites for hydroxylation is 1. The van der Waals surface area contributed by atoms with Crippen LogP contribution in [0.25, 0.3) is 0 Å². The molecule has 0 atom stereocenters. The molecule has 1 aliphatic carbocycles. The molecule has 2 nitrogen and oxygen atoms in total. The maximum atomic E-state index is 6.41. The fourth-order valence-electron chi connectivity index (χ4n) is 2.38. The second kappa shape index (κ2) is 3.87. The van der Waals surface area contributed by atoms with Gasteiger partial charge in [-0.05, 0) is 25.7 Å². The molecule has 2 rings (SSSR count). The minimum absolute atomic E-state index is 0.109. The number of hydrogen-bond donors (Lipinski definition) is 1. The lowest BCUT2D eigenvalue weighted by Crippen LogP contribution is -2.32. The molecule has 0 saturated heterocycles. The molecule has 15 heavy (non-hydrogen) atoms. The van der Waals surface area contributed by atoms with Crippen LogP contribution in [0.3, 0.4) is 0 Å². The Morgan fingerprint density at radius 2 is 1.93 bits per heavy atom. The fourth-order valence-corrected chi connectivity index (χ4v) is 3.60. The van der Waals surface area contributed by atoms with E-state index in [1.807, 2.05) is 0 Å². The van der Waals surface area contributed by atoms with Crippen molar-refractivity contribution in [2.45, 2.75) is 57.9 Å². The largest absolute Gasteiger partial charge is 0.319 e. The Labute approximate surface area is 95.9 Å². The number of nitrogens with two attached hydrogens (primary N) is 1. The molecule has 1 aliphatic rings. The van der Waals surface area contributed by atoms with Crippen molar-refractivity contribution in [2.24, 2.45) is 5.73 Å². The summed E-state index contributed by atoms with van der Waals surface area (Å²) in [6.45, 7) is 6.56. The Hall–Kier alpha value is -0.410. The molecular weight excluding hydrogens is 204 g/mol. The van der Waals surface area contributed by atoms with Crippen molar-refractivity contribution < 1.29 is 0 Å². The van der Waals surface area contributed by atoms with E-state index in [0.717, 1.165) is 12.8 Å². The molecule has 0 spiro atoms. The minimum Gasteiger partial charge on any atom is -0.319 e. The Bertz CT molecular complexity index is 349. The smallest absolute Gasteiger partial charge is 0.113 e. The molecule has 3 heteroatoms. The average molecular weight is 224 g/mol. The normalized spacial score (nSPS) is 20.1. The quantitative estimate of drug-likeness (QED) is 0.837. The molecule has 1 fully saturated rings. The monoisotopic (exact) mass is 224 g/mol. The zero-order valence-electron chi connectivity index (χ0n) is 9.84. The third kappa shape index (κ3) is 1.95. The number of aromatic nitrogens is 1. The van der Waals surface area contributed by atoms with Crippen molar-refractivity contribution in [1.29, 1.82) is 0 Å². The summed E-state index contributed by atoms with van der Waals surface area (Å²) in [4.78, 5) is 6.10. The van der Waals surface area contributed by atoms with Crippen LogP contribution in [0, 0.1) is 6.92 Å². The molecule has 0 aliphatic heterocycles. The van der Waals surface area contributed by atoms with Crippen molar-refractivity contribution >= 4 is 11.3 Å². The highest BCUT2D eigenvalue weighted by atomic mass is 32.1. The zero-order chi connectivity index (χ0) is 11.1. The van der Waals surface area contributed by atoms with Gasteiger partial charge >= 0.3 is 0 Å². The number of rotatable bonds is 2. The zero-order valence-corrected chi connectivity index (χ0v) is 10.7. The average Bonchev–Trinajstić information content (AvgIpc) is 2.72. The van der Waals surface area contributed by atoms with E-state index in [1.54, 1.807) is 11.3 Å². The third-order valence-corrected chi connectivity index (χ3v) is 4.51. The maximum Gasteiger partial charge on any atom is 0.113 e. The highest BCUT2D eigenvalue weighted by Crippen LogP contribution is 2.39. The third-order valence-electron chi connectivity index (χ3n) is 3.30. The van der Waals surface area contributed by atoms with Crippen LogP contribution in [-0.2, 0) is 5.54 Å². The molecule has 0 radical (unpaired) electrons. The van der Waals surface area contributed by atoms with Gasteiger partial charge in [-0.25, -0.2) is 4.98 Å². The van der Waals surface area contributed by atoms with Crippen molar-refractivity contribution in [3.05, 3.63) is 15.6 Å². The molecule has 0 bridgehead atoms. The van der Waals surface area contributed by atoms with Crippen LogP contribution >= 0.6 is 11.3 Å². The summed E-state index contributed by atoms with van der Waals surface area (Å²) in [5.74, 6) is 0.514. The van der Waals surface area contributed by atoms with E-state index >= 15 is 0 Å². The summed E-state index contributed by atoms with van der Waals surface area (Å²) in [7, 11) is 0. The van der Waals surface area contributed by atoms with E-state index in [9.17, 15) is 0 Å². The first-order valence-electron chi connectivity index (χ1n) is 5.79. The lowest BCUT2D eigenvalue weighted by atomic mass is 10.0. The van der Waals surface area contributed by atoms with Gasteiger partial charge in [-0.1, -0.05) is 26.7 Å². The number of nitrogens with zero attached hydrogens (tertiary/aromatic N) is 1. The van der Waals surface area contributed by atoms with Crippen molar-refractivity contribution in [3.8, 4) is 0 Å². The standard InChI is InChI=1S/C12H20N2S/c1-8(2)10-9(3)15-11(14-10)12(13)6-4-5-7-12/h8H,4-7,13H2,1-3H3. The highest BCUT2D eigenvalue weighted by molar-refractivity contribution is 7.11. The Morgan fingerprint density at radius 3 is 2.40 bits per heavy atom. The fraction of sp³-hybridized carbons (Fsp3) is 0.750. The second-order valence-electron chi connectivity index (χ2n) is 4.98. The van der Waals surface area contributed by atoms with E-state index in [4.69, 9.17) is 10.7 Å². The van der Waals surface area contributed by atoms with Crippen LogP contribution in [0.2, 0.25) is 0 Å². The van der Waals surface area contributed by atoms with Crippen LogP contribution in [0.1, 0.15) is 61.0 Å². The van der Waals surface area contributed by atoms with E-state index in [0.29, 0.717) is 5.92 Å². The SMILES string of the molecule is Cc1sc(C2(N)CCCC2)nc1C(C)C. The molecule has 1 aromatic rings. The van der Waals surface area contributed by atoms with Gasteiger partial charge < -0.3 is 5.73 Å². The summed E-state index contributed by atoms with van der Waals surface area (Å²) in [5.41, 5.74) is 7.54. The molecule has 1 saturated carbocycles. The van der Waals surface area contributed by atoms with Crippen molar-refractivity contribution in [2.75, 3.05) is 0 Å². The molecular formula is C12H20N2S. The van der Waals surface area contributed by atoms with Crippen LogP contribution < -0.4 is 5.73 Å². The highest BCUT2D eigenvalue weighted by Gasteiger charge is 2.34. The summed E-state index contributed by atoms with van der Waals surface area (Å²) in [6.07, 6.45) is 4.73. The maximum absolute atomic E-state index is 6.41. The summed E-state index contributed by atoms with van der Waals surface area (Å²) < 4.78 is 0. The van der Waals surface area contributed by atoms with E-state index in [-0.39, 0.29) is 5.54 Å². The molecule has 0 unspecified atom stereocenters. The molecule has 0 amide bonds. The first-order valence-corrected chi connectivity index (χ1v) is 6.61. The molecule has 84 valence electrons. The number of thiazole rings is 1. The molecule has 1 heterocycles. The van der Waals surface area contributed by atoms with Crippen LogP contribution in [0.5, 0.6) is 0 Å². The van der Waals surface area contributed by atoms with E-state index in [1.165, 1.54) is 28.4 Å². The predicted octanol–water partition coefficient (Wildman–Crippen LogP) is 3.30. The molecule has 2 N–H and O–H groups in total. The van der Waals surface area contributed by atoms with Gasteiger partial charge in [-0.2, -0.15) is 0 Å². The summed E-state index contributed by atoms with van der Waals surface area (Å²) >= 11 is 1.80.